The first-order chi connectivity index (χ1) is 8.41. The number of carbonyl (C=O) groups is 2. The van der Waals surface area contributed by atoms with Crippen LogP contribution >= 0.6 is 0 Å². The molecule has 0 aliphatic heterocycles. The van der Waals surface area contributed by atoms with Gasteiger partial charge in [-0.2, -0.15) is 13.2 Å². The van der Waals surface area contributed by atoms with E-state index in [1.807, 2.05) is 0 Å². The maximum Gasteiger partial charge on any atom is 0.424 e. The molecule has 0 spiro atoms. The highest BCUT2D eigenvalue weighted by molar-refractivity contribution is 5.78. The van der Waals surface area contributed by atoms with Crippen molar-refractivity contribution in [1.29, 1.82) is 0 Å². The number of hydrogen-bond acceptors (Lipinski definition) is 4. The monoisotopic (exact) mass is 285 g/mol. The summed E-state index contributed by atoms with van der Waals surface area (Å²) in [5.74, 6) is -0.882. The number of hydrogen-bond donors (Lipinski definition) is 2. The molecule has 112 valence electrons. The second kappa shape index (κ2) is 6.60. The lowest BCUT2D eigenvalue weighted by atomic mass is 10.2. The summed E-state index contributed by atoms with van der Waals surface area (Å²) in [5, 5.41) is 2.55. The molecule has 0 unspecified atom stereocenters. The van der Waals surface area contributed by atoms with Crippen LogP contribution in [-0.4, -0.2) is 48.9 Å². The van der Waals surface area contributed by atoms with E-state index in [-0.39, 0.29) is 0 Å². The van der Waals surface area contributed by atoms with Gasteiger partial charge in [0.2, 0.25) is 5.91 Å². The number of ether oxygens (including phenoxy) is 1. The Morgan fingerprint density at radius 2 is 1.74 bits per heavy atom. The predicted octanol–water partition coefficient (Wildman–Crippen LogP) is 1.04. The van der Waals surface area contributed by atoms with Crippen molar-refractivity contribution in [3.63, 3.8) is 0 Å². The molecule has 0 fully saturated rings. The van der Waals surface area contributed by atoms with E-state index < -0.39 is 36.9 Å². The first kappa shape index (κ1) is 17.5. The summed E-state index contributed by atoms with van der Waals surface area (Å²) < 4.78 is 40.4. The molecular weight excluding hydrogens is 267 g/mol. The lowest BCUT2D eigenvalue weighted by Gasteiger charge is -2.24. The SMILES string of the molecule is CN(NCC(=O)NCC(F)(F)F)C(=O)OC(C)(C)C. The summed E-state index contributed by atoms with van der Waals surface area (Å²) >= 11 is 0. The number of carbonyl (C=O) groups excluding carboxylic acids is 2. The molecule has 0 aliphatic rings. The fourth-order valence-corrected chi connectivity index (χ4v) is 0.847. The van der Waals surface area contributed by atoms with Gasteiger partial charge < -0.3 is 10.1 Å². The van der Waals surface area contributed by atoms with Crippen molar-refractivity contribution in [3.05, 3.63) is 0 Å². The van der Waals surface area contributed by atoms with E-state index in [9.17, 15) is 22.8 Å². The third-order valence-electron chi connectivity index (χ3n) is 1.63. The molecule has 9 heteroatoms. The fourth-order valence-electron chi connectivity index (χ4n) is 0.847. The second-order valence-electron chi connectivity index (χ2n) is 4.77. The minimum absolute atomic E-state index is 0.466. The van der Waals surface area contributed by atoms with Crippen LogP contribution in [0.5, 0.6) is 0 Å². The smallest absolute Gasteiger partial charge is 0.424 e. The maximum absolute atomic E-state index is 11.8. The Morgan fingerprint density at radius 3 is 2.16 bits per heavy atom. The number of amides is 2. The zero-order valence-electron chi connectivity index (χ0n) is 11.2. The van der Waals surface area contributed by atoms with Gasteiger partial charge in [0.1, 0.15) is 12.1 Å². The predicted molar refractivity (Wildman–Crippen MR) is 61.1 cm³/mol. The van der Waals surface area contributed by atoms with Gasteiger partial charge in [0.05, 0.1) is 6.54 Å². The van der Waals surface area contributed by atoms with Crippen LogP contribution in [-0.2, 0) is 9.53 Å². The van der Waals surface area contributed by atoms with Crippen molar-refractivity contribution in [3.8, 4) is 0 Å². The van der Waals surface area contributed by atoms with Crippen molar-refractivity contribution < 1.29 is 27.5 Å². The van der Waals surface area contributed by atoms with Crippen molar-refractivity contribution >= 4 is 12.0 Å². The first-order valence-electron chi connectivity index (χ1n) is 5.44. The van der Waals surface area contributed by atoms with Gasteiger partial charge in [-0.15, -0.1) is 0 Å². The molecule has 0 atom stereocenters. The molecule has 2 amide bonds. The summed E-state index contributed by atoms with van der Waals surface area (Å²) in [4.78, 5) is 22.5. The van der Waals surface area contributed by atoms with E-state index in [0.717, 1.165) is 5.01 Å². The van der Waals surface area contributed by atoms with E-state index in [1.165, 1.54) is 7.05 Å². The minimum atomic E-state index is -4.47. The number of nitrogens with one attached hydrogen (secondary N) is 2. The summed E-state index contributed by atoms with van der Waals surface area (Å²) in [6, 6.07) is 0. The molecule has 0 saturated heterocycles. The number of hydrazine groups is 1. The van der Waals surface area contributed by atoms with E-state index in [4.69, 9.17) is 4.74 Å². The van der Waals surface area contributed by atoms with E-state index in [2.05, 4.69) is 5.43 Å². The van der Waals surface area contributed by atoms with Crippen LogP contribution in [0.15, 0.2) is 0 Å². The Labute approximate surface area is 109 Å². The molecule has 0 radical (unpaired) electrons. The van der Waals surface area contributed by atoms with Gasteiger partial charge in [0, 0.05) is 7.05 Å². The quantitative estimate of drug-likeness (QED) is 0.757. The molecule has 6 nitrogen and oxygen atoms in total. The molecule has 2 N–H and O–H groups in total. The molecule has 19 heavy (non-hydrogen) atoms. The Balaban J connectivity index is 3.99. The Kier molecular flexibility index (Phi) is 6.07. The van der Waals surface area contributed by atoms with Crippen molar-refractivity contribution in [2.75, 3.05) is 20.1 Å². The largest absolute Gasteiger partial charge is 0.443 e. The molecule has 0 heterocycles. The van der Waals surface area contributed by atoms with E-state index >= 15 is 0 Å². The van der Waals surface area contributed by atoms with Crippen LogP contribution in [0.1, 0.15) is 20.8 Å². The molecule has 0 rings (SSSR count). The highest BCUT2D eigenvalue weighted by Gasteiger charge is 2.27. The normalized spacial score (nSPS) is 11.9. The van der Waals surface area contributed by atoms with Gasteiger partial charge in [-0.05, 0) is 20.8 Å². The van der Waals surface area contributed by atoms with Crippen LogP contribution < -0.4 is 10.7 Å². The number of alkyl halides is 3. The zero-order chi connectivity index (χ0) is 15.3. The van der Waals surface area contributed by atoms with E-state index in [1.54, 1.807) is 26.1 Å². The molecule has 0 bridgehead atoms. The fraction of sp³-hybridized carbons (Fsp3) is 0.800. The molecule has 0 aromatic heterocycles. The molecule has 0 aromatic rings. The van der Waals surface area contributed by atoms with Gasteiger partial charge in [-0.1, -0.05) is 0 Å². The van der Waals surface area contributed by atoms with Crippen LogP contribution in [0.2, 0.25) is 0 Å². The van der Waals surface area contributed by atoms with Crippen LogP contribution in [0.4, 0.5) is 18.0 Å². The average molecular weight is 285 g/mol. The molecule has 0 saturated carbocycles. The van der Waals surface area contributed by atoms with Crippen molar-refractivity contribution in [1.82, 2.24) is 15.8 Å². The van der Waals surface area contributed by atoms with Crippen LogP contribution in [0.3, 0.4) is 0 Å². The van der Waals surface area contributed by atoms with Crippen LogP contribution in [0, 0.1) is 0 Å². The van der Waals surface area contributed by atoms with Gasteiger partial charge in [-0.25, -0.2) is 15.2 Å². The molecular formula is C10H18F3N3O3. The zero-order valence-corrected chi connectivity index (χ0v) is 11.2. The van der Waals surface area contributed by atoms with Crippen molar-refractivity contribution in [2.45, 2.75) is 32.5 Å². The summed E-state index contributed by atoms with van der Waals surface area (Å²) in [5.41, 5.74) is 1.62. The topological polar surface area (TPSA) is 70.7 Å². The van der Waals surface area contributed by atoms with Crippen LogP contribution in [0.25, 0.3) is 0 Å². The Bertz CT molecular complexity index is 326. The summed E-state index contributed by atoms with van der Waals surface area (Å²) in [6.45, 7) is 3.10. The summed E-state index contributed by atoms with van der Waals surface area (Å²) in [6.07, 6.45) is -5.21. The standard InChI is InChI=1S/C10H18F3N3O3/c1-9(2,3)19-8(18)16(4)15-5-7(17)14-6-10(11,12)13/h15H,5-6H2,1-4H3,(H,14,17). The Hall–Kier alpha value is -1.51. The highest BCUT2D eigenvalue weighted by atomic mass is 19.4. The average Bonchev–Trinajstić information content (AvgIpc) is 2.19. The van der Waals surface area contributed by atoms with Gasteiger partial charge in [-0.3, -0.25) is 4.79 Å². The number of halogens is 3. The first-order valence-corrected chi connectivity index (χ1v) is 5.44. The lowest BCUT2D eigenvalue weighted by Crippen LogP contribution is -2.47. The summed E-state index contributed by atoms with van der Waals surface area (Å²) in [7, 11) is 1.30. The third-order valence-corrected chi connectivity index (χ3v) is 1.63. The Morgan fingerprint density at radius 1 is 1.21 bits per heavy atom. The van der Waals surface area contributed by atoms with Gasteiger partial charge in [0.25, 0.3) is 0 Å². The molecule has 0 aliphatic carbocycles. The van der Waals surface area contributed by atoms with E-state index in [0.29, 0.717) is 0 Å². The highest BCUT2D eigenvalue weighted by Crippen LogP contribution is 2.12. The van der Waals surface area contributed by atoms with Gasteiger partial charge in [0.15, 0.2) is 0 Å². The van der Waals surface area contributed by atoms with Gasteiger partial charge >= 0.3 is 12.3 Å². The minimum Gasteiger partial charge on any atom is -0.443 e. The number of rotatable bonds is 4. The molecule has 0 aromatic carbocycles. The maximum atomic E-state index is 11.8. The number of nitrogens with zero attached hydrogens (tertiary/aromatic N) is 1. The lowest BCUT2D eigenvalue weighted by molar-refractivity contribution is -0.138. The second-order valence-corrected chi connectivity index (χ2v) is 4.77. The third kappa shape index (κ3) is 10.1. The van der Waals surface area contributed by atoms with Crippen molar-refractivity contribution in [2.24, 2.45) is 0 Å².